The minimum Gasteiger partial charge on any atom is -0.356 e. The molecule has 19 heavy (non-hydrogen) atoms. The average molecular weight is 301 g/mol. The molecule has 0 saturated carbocycles. The maximum atomic E-state index is 11.5. The van der Waals surface area contributed by atoms with Crippen LogP contribution in [0, 0.1) is 5.92 Å². The van der Waals surface area contributed by atoms with Crippen LogP contribution in [0.5, 0.6) is 0 Å². The lowest BCUT2D eigenvalue weighted by Gasteiger charge is -2.06. The van der Waals surface area contributed by atoms with E-state index in [1.54, 1.807) is 0 Å². The highest BCUT2D eigenvalue weighted by atomic mass is 31.1. The summed E-state index contributed by atoms with van der Waals surface area (Å²) in [5.74, 6) is 0.755. The Balaban J connectivity index is 0. The topological polar surface area (TPSA) is 75.6 Å². The lowest BCUT2D eigenvalue weighted by Crippen LogP contribution is -2.24. The Kier molecular flexibility index (Phi) is 9.99. The molecule has 6 heteroatoms. The molecule has 0 aromatic rings. The molecule has 1 atom stereocenters. The van der Waals surface area contributed by atoms with Gasteiger partial charge in [-0.3, -0.25) is 9.36 Å². The van der Waals surface area contributed by atoms with Crippen molar-refractivity contribution in [3.05, 3.63) is 0 Å². The standard InChI is InChI=1S/C13H28NO4P.H2/c1-12(2)8-5-3-4-6-9-13(15)14-10-7-11-18-19(16)17;/h12,19H,3-11H2,1-2H3,(H,14,15)(H,16,17);1H/i19T;1+2T. The molecule has 0 rings (SSSR count). The summed E-state index contributed by atoms with van der Waals surface area (Å²) in [5.41, 5.74) is 0. The van der Waals surface area contributed by atoms with Crippen LogP contribution in [0.3, 0.4) is 0 Å². The normalized spacial score (nSPS) is 15.5. The highest BCUT2D eigenvalue weighted by Crippen LogP contribution is 2.13. The first-order valence-electron chi connectivity index (χ1n) is 8.53. The van der Waals surface area contributed by atoms with Crippen molar-refractivity contribution in [1.29, 1.82) is 1.28 Å². The smallest absolute Gasteiger partial charge is 0.316 e. The summed E-state index contributed by atoms with van der Waals surface area (Å²) in [6.45, 7) is 4.85. The molecule has 0 aliphatic rings. The summed E-state index contributed by atoms with van der Waals surface area (Å²) in [6.07, 6.45) is 6.59. The van der Waals surface area contributed by atoms with Gasteiger partial charge in [0.2, 0.25) is 5.91 Å². The van der Waals surface area contributed by atoms with Crippen LogP contribution < -0.4 is 5.32 Å². The molecule has 0 aliphatic heterocycles. The molecule has 0 saturated heterocycles. The Morgan fingerprint density at radius 3 is 2.74 bits per heavy atom. The van der Waals surface area contributed by atoms with Crippen molar-refractivity contribution >= 4 is 14.1 Å². The second-order valence-corrected chi connectivity index (χ2v) is 5.86. The summed E-state index contributed by atoms with van der Waals surface area (Å²) in [4.78, 5) is 20.0. The molecule has 116 valence electrons. The molecular formula is C13H30NO4P. The molecule has 0 fully saturated rings. The van der Waals surface area contributed by atoms with Gasteiger partial charge in [0.25, 0.3) is 0 Å². The van der Waals surface area contributed by atoms with Gasteiger partial charge in [0.1, 0.15) is 0 Å². The molecule has 0 aromatic heterocycles. The lowest BCUT2D eigenvalue weighted by atomic mass is 10.0. The molecule has 0 bridgehead atoms. The second-order valence-electron chi connectivity index (χ2n) is 5.12. The summed E-state index contributed by atoms with van der Waals surface area (Å²) in [6, 6.07) is 0. The fraction of sp³-hybridized carbons (Fsp3) is 0.923. The van der Waals surface area contributed by atoms with Gasteiger partial charge in [0.15, 0.2) is 1.28 Å². The Labute approximate surface area is 121 Å². The molecule has 1 unspecified atom stereocenters. The first-order valence-corrected chi connectivity index (χ1v) is 8.21. The van der Waals surface area contributed by atoms with E-state index >= 15 is 0 Å². The van der Waals surface area contributed by atoms with Crippen LogP contribution in [0.1, 0.15) is 61.8 Å². The second kappa shape index (κ2) is 12.6. The summed E-state index contributed by atoms with van der Waals surface area (Å²) >= 11 is 0. The maximum absolute atomic E-state index is 11.5. The van der Waals surface area contributed by atoms with Gasteiger partial charge in [-0.05, 0) is 18.8 Å². The third-order valence-corrected chi connectivity index (χ3v) is 3.18. The largest absolute Gasteiger partial charge is 0.356 e. The zero-order valence-electron chi connectivity index (χ0n) is 15.1. The number of hydrogen-bond donors (Lipinski definition) is 2. The van der Waals surface area contributed by atoms with Crippen molar-refractivity contribution in [3.8, 4) is 0 Å². The number of carbonyl (C=O) groups excluding carboxylic acids is 1. The third kappa shape index (κ3) is 15.6. The molecule has 0 aliphatic carbocycles. The Morgan fingerprint density at radius 1 is 1.42 bits per heavy atom. The summed E-state index contributed by atoms with van der Waals surface area (Å²) in [7, 11) is -4.13. The van der Waals surface area contributed by atoms with Crippen molar-refractivity contribution in [1.82, 2.24) is 5.32 Å². The van der Waals surface area contributed by atoms with Crippen LogP contribution in [0.2, 0.25) is 0 Å². The minimum atomic E-state index is -4.13. The quantitative estimate of drug-likeness (QED) is 0.429. The summed E-state index contributed by atoms with van der Waals surface area (Å²) in [5, 5.41) is 2.73. The van der Waals surface area contributed by atoms with E-state index in [-0.39, 0.29) is 12.5 Å². The predicted molar refractivity (Wildman–Crippen MR) is 79.5 cm³/mol. The van der Waals surface area contributed by atoms with Gasteiger partial charge < -0.3 is 14.7 Å². The van der Waals surface area contributed by atoms with Crippen LogP contribution in [0.25, 0.3) is 0 Å². The van der Waals surface area contributed by atoms with E-state index in [0.717, 1.165) is 18.8 Å². The van der Waals surface area contributed by atoms with Crippen molar-refractivity contribution in [3.63, 3.8) is 0 Å². The Bertz CT molecular complexity index is 314. The molecule has 5 nitrogen and oxygen atoms in total. The van der Waals surface area contributed by atoms with Crippen LogP contribution in [-0.2, 0) is 13.9 Å². The molecule has 1 amide bonds. The van der Waals surface area contributed by atoms with Gasteiger partial charge in [-0.1, -0.05) is 39.5 Å². The van der Waals surface area contributed by atoms with E-state index in [2.05, 4.69) is 23.7 Å². The van der Waals surface area contributed by atoms with E-state index in [1.165, 1.54) is 19.3 Å². The zero-order valence-corrected chi connectivity index (χ0v) is 13.0. The number of rotatable bonds is 12. The minimum absolute atomic E-state index is 0.00640. The monoisotopic (exact) mass is 301 g/mol. The fourth-order valence-electron chi connectivity index (χ4n) is 1.72. The summed E-state index contributed by atoms with van der Waals surface area (Å²) < 4.78 is 31.5. The van der Waals surface area contributed by atoms with Crippen molar-refractivity contribution < 1.29 is 21.7 Å². The van der Waals surface area contributed by atoms with E-state index in [1.807, 2.05) is 0 Å². The first-order chi connectivity index (χ1) is 10.3. The molecule has 0 heterocycles. The number of unbranched alkanes of at least 4 members (excludes halogenated alkanes) is 3. The fourth-order valence-corrected chi connectivity index (χ4v) is 2.01. The van der Waals surface area contributed by atoms with Crippen molar-refractivity contribution in [2.24, 2.45) is 5.92 Å². The molecule has 0 radical (unpaired) electrons. The van der Waals surface area contributed by atoms with E-state index in [4.69, 9.17) is 9.14 Å². The molecule has 0 spiro atoms. The SMILES string of the molecule is [3H]P(=O)(O)OCCCNC(=O)CCCCCCC(C)C.[3H][3H]. The highest BCUT2D eigenvalue weighted by Gasteiger charge is 2.01. The molecule has 0 aromatic carbocycles. The zero-order chi connectivity index (χ0) is 17.4. The third-order valence-electron chi connectivity index (χ3n) is 2.78. The van der Waals surface area contributed by atoms with Gasteiger partial charge in [0.05, 0.1) is 6.61 Å². The van der Waals surface area contributed by atoms with Crippen molar-refractivity contribution in [2.45, 2.75) is 58.8 Å². The van der Waals surface area contributed by atoms with Crippen LogP contribution in [0.15, 0.2) is 0 Å². The van der Waals surface area contributed by atoms with Crippen LogP contribution in [0.4, 0.5) is 0 Å². The van der Waals surface area contributed by atoms with Gasteiger partial charge >= 0.3 is 8.20 Å². The van der Waals surface area contributed by atoms with E-state index in [0.29, 0.717) is 19.4 Å². The van der Waals surface area contributed by atoms with Gasteiger partial charge in [-0.2, -0.15) is 0 Å². The van der Waals surface area contributed by atoms with E-state index in [9.17, 15) is 9.36 Å². The maximum Gasteiger partial charge on any atom is 0.316 e. The van der Waals surface area contributed by atoms with Gasteiger partial charge in [-0.15, -0.1) is 0 Å². The lowest BCUT2D eigenvalue weighted by molar-refractivity contribution is -0.121. The number of amides is 1. The first kappa shape index (κ1) is 15.0. The van der Waals surface area contributed by atoms with Gasteiger partial charge in [-0.25, -0.2) is 0 Å². The van der Waals surface area contributed by atoms with Crippen molar-refractivity contribution in [2.75, 3.05) is 13.2 Å². The van der Waals surface area contributed by atoms with E-state index < -0.39 is 8.20 Å². The average Bonchev–Trinajstić information content (AvgIpc) is 2.43. The van der Waals surface area contributed by atoms with Crippen LogP contribution >= 0.6 is 8.20 Å². The predicted octanol–water partition coefficient (Wildman–Crippen LogP) is 3.13. The number of hydrogen-bond acceptors (Lipinski definition) is 3. The highest BCUT2D eigenvalue weighted by molar-refractivity contribution is 7.32. The number of nitrogens with one attached hydrogen (secondary N) is 1. The van der Waals surface area contributed by atoms with Crippen LogP contribution in [-0.4, -0.2) is 25.2 Å². The molecule has 2 N–H and O–H groups in total. The number of carbonyl (C=O) groups is 1. The Hall–Kier alpha value is -0.380. The molecular weight excluding hydrogens is 265 g/mol. The Morgan fingerprint density at radius 2 is 2.11 bits per heavy atom. The van der Waals surface area contributed by atoms with Gasteiger partial charge in [0, 0.05) is 15.9 Å².